The lowest BCUT2D eigenvalue weighted by Crippen LogP contribution is -2.23. The van der Waals surface area contributed by atoms with Gasteiger partial charge in [0.2, 0.25) is 0 Å². The Balaban J connectivity index is 0.000000247. The van der Waals surface area contributed by atoms with Crippen LogP contribution in [0.1, 0.15) is 57.1 Å². The predicted molar refractivity (Wildman–Crippen MR) is 243 cm³/mol. The Labute approximate surface area is 389 Å². The number of carbonyl (C=O) groups excluding carboxylic acids is 6. The molecular formula is C48H48Cl2N2O14. The largest absolute Gasteiger partial charge is 0.497 e. The van der Waals surface area contributed by atoms with Crippen LogP contribution in [0.3, 0.4) is 0 Å². The number of fused-ring (bicyclic) bond motifs is 2. The van der Waals surface area contributed by atoms with Crippen molar-refractivity contribution in [3.8, 4) is 11.5 Å². The number of aliphatic hydroxyl groups is 2. The molecule has 16 nitrogen and oxygen atoms in total. The van der Waals surface area contributed by atoms with Gasteiger partial charge >= 0.3 is 23.9 Å². The Bertz CT molecular complexity index is 2740. The molecule has 0 fully saturated rings. The fourth-order valence-electron chi connectivity index (χ4n) is 6.81. The Morgan fingerprint density at radius 1 is 0.591 bits per heavy atom. The van der Waals surface area contributed by atoms with Crippen molar-refractivity contribution >= 4 is 80.7 Å². The van der Waals surface area contributed by atoms with Gasteiger partial charge in [-0.15, -0.1) is 0 Å². The van der Waals surface area contributed by atoms with Crippen LogP contribution in [0.15, 0.2) is 84.9 Å². The highest BCUT2D eigenvalue weighted by Gasteiger charge is 2.25. The van der Waals surface area contributed by atoms with Crippen LogP contribution in [0, 0.1) is 13.8 Å². The summed E-state index contributed by atoms with van der Waals surface area (Å²) in [6.07, 6.45) is -1.84. The second-order valence-corrected chi connectivity index (χ2v) is 15.8. The van der Waals surface area contributed by atoms with Crippen molar-refractivity contribution in [1.29, 1.82) is 0 Å². The maximum Gasteiger partial charge on any atom is 0.344 e. The van der Waals surface area contributed by atoms with E-state index in [1.807, 2.05) is 0 Å². The number of carbonyl (C=O) groups is 6. The van der Waals surface area contributed by atoms with Gasteiger partial charge in [-0.2, -0.15) is 0 Å². The SMILES string of the molecule is COc1ccc2c(c1)c(CC(=O)OCC(=O)OC(C)CO)c(C)n2C(=O)c1ccc(Cl)cc1.COc1ccc2c(c1)c(CC(=O)OCC(=O)OCC(C)O)c(C)n2C(=O)c1ccc(Cl)cc1. The molecule has 0 spiro atoms. The smallest absolute Gasteiger partial charge is 0.344 e. The van der Waals surface area contributed by atoms with Crippen LogP contribution in [-0.2, 0) is 51.0 Å². The number of rotatable bonds is 16. The van der Waals surface area contributed by atoms with Crippen LogP contribution >= 0.6 is 23.2 Å². The number of esters is 4. The summed E-state index contributed by atoms with van der Waals surface area (Å²) < 4.78 is 33.4. The molecule has 2 atom stereocenters. The zero-order chi connectivity index (χ0) is 48.2. The van der Waals surface area contributed by atoms with Crippen molar-refractivity contribution in [3.63, 3.8) is 0 Å². The summed E-state index contributed by atoms with van der Waals surface area (Å²) in [6, 6.07) is 23.5. The van der Waals surface area contributed by atoms with E-state index in [1.54, 1.807) is 98.8 Å². The lowest BCUT2D eigenvalue weighted by molar-refractivity contribution is -0.162. The number of hydrogen-bond acceptors (Lipinski definition) is 14. The van der Waals surface area contributed by atoms with E-state index in [2.05, 4.69) is 0 Å². The van der Waals surface area contributed by atoms with Crippen LogP contribution in [0.4, 0.5) is 0 Å². The van der Waals surface area contributed by atoms with E-state index < -0.39 is 49.3 Å². The van der Waals surface area contributed by atoms with Crippen molar-refractivity contribution < 1.29 is 67.4 Å². The molecule has 18 heteroatoms. The van der Waals surface area contributed by atoms with E-state index >= 15 is 0 Å². The molecule has 6 aromatic rings. The fourth-order valence-corrected chi connectivity index (χ4v) is 7.06. The second kappa shape index (κ2) is 22.9. The quantitative estimate of drug-likeness (QED) is 0.0773. The van der Waals surface area contributed by atoms with E-state index in [9.17, 15) is 28.8 Å². The number of aromatic nitrogens is 2. The third-order valence-corrected chi connectivity index (χ3v) is 10.6. The molecule has 0 saturated carbocycles. The molecule has 0 aliphatic rings. The van der Waals surface area contributed by atoms with Gasteiger partial charge in [-0.05, 0) is 124 Å². The first-order valence-electron chi connectivity index (χ1n) is 20.4. The van der Waals surface area contributed by atoms with Gasteiger partial charge in [0.1, 0.15) is 24.2 Å². The van der Waals surface area contributed by atoms with Crippen molar-refractivity contribution in [2.75, 3.05) is 40.6 Å². The summed E-state index contributed by atoms with van der Waals surface area (Å²) in [5.41, 5.74) is 4.36. The Kier molecular flexibility index (Phi) is 17.5. The van der Waals surface area contributed by atoms with E-state index in [0.29, 0.717) is 77.0 Å². The third-order valence-electron chi connectivity index (χ3n) is 10.1. The van der Waals surface area contributed by atoms with E-state index in [-0.39, 0.29) is 37.9 Å². The molecule has 66 heavy (non-hydrogen) atoms. The summed E-state index contributed by atoms with van der Waals surface area (Å²) in [4.78, 5) is 74.9. The van der Waals surface area contributed by atoms with Gasteiger partial charge < -0.3 is 38.6 Å². The number of benzene rings is 4. The summed E-state index contributed by atoms with van der Waals surface area (Å²) in [5.74, 6) is -2.27. The molecule has 348 valence electrons. The molecule has 0 aliphatic heterocycles. The lowest BCUT2D eigenvalue weighted by Gasteiger charge is -2.10. The number of hydrogen-bond donors (Lipinski definition) is 2. The molecule has 0 amide bonds. The topological polar surface area (TPSA) is 208 Å². The van der Waals surface area contributed by atoms with Crippen molar-refractivity contribution in [3.05, 3.63) is 129 Å². The highest BCUT2D eigenvalue weighted by molar-refractivity contribution is 6.31. The Morgan fingerprint density at radius 2 is 1.00 bits per heavy atom. The predicted octanol–water partition coefficient (Wildman–Crippen LogP) is 6.62. The molecule has 0 saturated heterocycles. The molecule has 0 radical (unpaired) electrons. The minimum Gasteiger partial charge on any atom is -0.497 e. The van der Waals surface area contributed by atoms with Crippen molar-refractivity contribution in [2.24, 2.45) is 0 Å². The monoisotopic (exact) mass is 946 g/mol. The molecule has 0 bridgehead atoms. The molecule has 2 unspecified atom stereocenters. The third kappa shape index (κ3) is 12.5. The van der Waals surface area contributed by atoms with Crippen LogP contribution in [0.25, 0.3) is 21.8 Å². The number of methoxy groups -OCH3 is 2. The summed E-state index contributed by atoms with van der Waals surface area (Å²) in [6.45, 7) is 4.79. The maximum atomic E-state index is 13.3. The molecule has 6 rings (SSSR count). The first-order chi connectivity index (χ1) is 31.4. The standard InChI is InChI=1S/2C24H24ClNO7/c1-14(27)12-32-23(29)13-33-22(28)11-19-15(2)26(21-9-8-18(31-3)10-20(19)21)24(30)16-4-6-17(25)7-5-16;1-14(12-27)33-23(29)13-32-22(28)11-19-15(2)26(21-9-8-18(31-3)10-20(19)21)24(30)16-4-6-17(25)7-5-16/h2*4-10,14,27H,11-13H2,1-3H3. The number of nitrogens with zero attached hydrogens (tertiary/aromatic N) is 2. The van der Waals surface area contributed by atoms with Crippen LogP contribution in [-0.4, -0.2) is 108 Å². The highest BCUT2D eigenvalue weighted by atomic mass is 35.5. The maximum absolute atomic E-state index is 13.3. The highest BCUT2D eigenvalue weighted by Crippen LogP contribution is 2.33. The zero-order valence-electron chi connectivity index (χ0n) is 36.9. The van der Waals surface area contributed by atoms with Gasteiger partial charge in [0.15, 0.2) is 13.2 Å². The van der Waals surface area contributed by atoms with Crippen LogP contribution in [0.5, 0.6) is 11.5 Å². The van der Waals surface area contributed by atoms with Gasteiger partial charge in [-0.1, -0.05) is 23.2 Å². The molecule has 2 N–H and O–H groups in total. The average molecular weight is 948 g/mol. The lowest BCUT2D eigenvalue weighted by atomic mass is 10.1. The average Bonchev–Trinajstić information content (AvgIpc) is 3.73. The summed E-state index contributed by atoms with van der Waals surface area (Å²) in [5, 5.41) is 20.4. The molecule has 0 aliphatic carbocycles. The van der Waals surface area contributed by atoms with Crippen LogP contribution in [0.2, 0.25) is 10.0 Å². The minimum atomic E-state index is -0.813. The first-order valence-corrected chi connectivity index (χ1v) is 21.1. The minimum absolute atomic E-state index is 0.167. The molecule has 2 heterocycles. The van der Waals surface area contributed by atoms with Gasteiger partial charge in [-0.3, -0.25) is 28.3 Å². The Hall–Kier alpha value is -6.72. The molecule has 2 aromatic heterocycles. The number of aliphatic hydroxyl groups excluding tert-OH is 2. The first kappa shape index (κ1) is 50.3. The van der Waals surface area contributed by atoms with Gasteiger partial charge in [-0.25, -0.2) is 9.59 Å². The Morgan fingerprint density at radius 3 is 1.38 bits per heavy atom. The van der Waals surface area contributed by atoms with E-state index in [4.69, 9.17) is 61.8 Å². The number of ether oxygens (including phenoxy) is 6. The van der Waals surface area contributed by atoms with Gasteiger partial charge in [0, 0.05) is 43.3 Å². The van der Waals surface area contributed by atoms with E-state index in [0.717, 1.165) is 0 Å². The second-order valence-electron chi connectivity index (χ2n) is 14.9. The molecule has 4 aromatic carbocycles. The van der Waals surface area contributed by atoms with Gasteiger partial charge in [0.05, 0.1) is 50.8 Å². The zero-order valence-corrected chi connectivity index (χ0v) is 38.4. The van der Waals surface area contributed by atoms with E-state index in [1.165, 1.54) is 37.2 Å². The van der Waals surface area contributed by atoms with Gasteiger partial charge in [0.25, 0.3) is 11.8 Å². The van der Waals surface area contributed by atoms with Crippen molar-refractivity contribution in [1.82, 2.24) is 9.13 Å². The van der Waals surface area contributed by atoms with Crippen LogP contribution < -0.4 is 9.47 Å². The number of halogens is 2. The fraction of sp³-hybridized carbons (Fsp3) is 0.292. The molecular weight excluding hydrogens is 899 g/mol. The summed E-state index contributed by atoms with van der Waals surface area (Å²) in [7, 11) is 3.05. The summed E-state index contributed by atoms with van der Waals surface area (Å²) >= 11 is 11.9. The van der Waals surface area contributed by atoms with Crippen molar-refractivity contribution in [2.45, 2.75) is 52.7 Å². The normalized spacial score (nSPS) is 11.8.